The smallest absolute Gasteiger partial charge is 0.164 e. The van der Waals surface area contributed by atoms with E-state index < -0.39 is 0 Å². The highest BCUT2D eigenvalue weighted by molar-refractivity contribution is 6.22. The van der Waals surface area contributed by atoms with Crippen LogP contribution in [0.5, 0.6) is 0 Å². The molecule has 0 bridgehead atoms. The van der Waals surface area contributed by atoms with Crippen molar-refractivity contribution in [3.8, 4) is 84.7 Å². The standard InChI is InChI=1S/C44H26N4/c45-27-28-18-20-29(21-19-28)34-22-24-38-36-16-7-8-17-37(36)39-25-23-35(40(34)41(38)39)32-14-9-15-33(26-32)44-47-42(30-10-3-1-4-11-30)46-43(48-44)31-12-5-2-6-13-31/h1-26H. The molecule has 0 N–H and O–H groups in total. The Kier molecular flexibility index (Phi) is 6.48. The molecule has 0 aliphatic heterocycles. The van der Waals surface area contributed by atoms with E-state index in [2.05, 4.69) is 78.9 Å². The Labute approximate surface area is 278 Å². The van der Waals surface area contributed by atoms with E-state index in [0.717, 1.165) is 38.9 Å². The fraction of sp³-hybridized carbons (Fsp3) is 0. The van der Waals surface area contributed by atoms with Gasteiger partial charge in [0.2, 0.25) is 0 Å². The minimum absolute atomic E-state index is 0.621. The van der Waals surface area contributed by atoms with Crippen LogP contribution < -0.4 is 0 Å². The molecule has 4 nitrogen and oxygen atoms in total. The number of fused-ring (bicyclic) bond motifs is 3. The Balaban J connectivity index is 1.26. The van der Waals surface area contributed by atoms with E-state index >= 15 is 0 Å². The Bertz CT molecular complexity index is 2460. The molecule has 9 rings (SSSR count). The van der Waals surface area contributed by atoms with Crippen LogP contribution in [0.1, 0.15) is 5.56 Å². The molecule has 1 aliphatic rings. The third kappa shape index (κ3) is 4.57. The molecule has 1 aromatic heterocycles. The van der Waals surface area contributed by atoms with Crippen LogP contribution in [0.3, 0.4) is 0 Å². The first kappa shape index (κ1) is 27.6. The molecule has 1 aliphatic carbocycles. The van der Waals surface area contributed by atoms with Gasteiger partial charge in [-0.05, 0) is 73.5 Å². The summed E-state index contributed by atoms with van der Waals surface area (Å²) in [4.78, 5) is 14.9. The third-order valence-electron chi connectivity index (χ3n) is 9.12. The van der Waals surface area contributed by atoms with Gasteiger partial charge in [-0.2, -0.15) is 5.26 Å². The summed E-state index contributed by atoms with van der Waals surface area (Å²) in [5, 5.41) is 11.9. The van der Waals surface area contributed by atoms with Crippen molar-refractivity contribution in [2.45, 2.75) is 0 Å². The highest BCUT2D eigenvalue weighted by Crippen LogP contribution is 2.52. The maximum atomic E-state index is 9.46. The number of hydrogen-bond donors (Lipinski definition) is 0. The van der Waals surface area contributed by atoms with Gasteiger partial charge < -0.3 is 0 Å². The van der Waals surface area contributed by atoms with Gasteiger partial charge in [-0.3, -0.25) is 0 Å². The molecule has 0 atom stereocenters. The second kappa shape index (κ2) is 11.3. The number of nitriles is 1. The largest absolute Gasteiger partial charge is 0.208 e. The minimum atomic E-state index is 0.621. The number of nitrogens with zero attached hydrogens (tertiary/aromatic N) is 4. The summed E-state index contributed by atoms with van der Waals surface area (Å²) in [5.74, 6) is 1.89. The summed E-state index contributed by atoms with van der Waals surface area (Å²) in [6, 6.07) is 56.3. The van der Waals surface area contributed by atoms with Crippen molar-refractivity contribution < 1.29 is 0 Å². The van der Waals surface area contributed by atoms with Gasteiger partial charge in [-0.25, -0.2) is 15.0 Å². The number of rotatable bonds is 5. The van der Waals surface area contributed by atoms with E-state index in [1.165, 1.54) is 33.0 Å². The maximum Gasteiger partial charge on any atom is 0.164 e. The van der Waals surface area contributed by atoms with Crippen molar-refractivity contribution in [3.05, 3.63) is 163 Å². The third-order valence-corrected chi connectivity index (χ3v) is 9.12. The molecule has 48 heavy (non-hydrogen) atoms. The van der Waals surface area contributed by atoms with Gasteiger partial charge in [0.1, 0.15) is 0 Å². The fourth-order valence-electron chi connectivity index (χ4n) is 6.87. The van der Waals surface area contributed by atoms with E-state index in [4.69, 9.17) is 15.0 Å². The monoisotopic (exact) mass is 610 g/mol. The van der Waals surface area contributed by atoms with Crippen molar-refractivity contribution in [2.24, 2.45) is 0 Å². The molecule has 0 spiro atoms. The van der Waals surface area contributed by atoms with E-state index in [1.807, 2.05) is 84.9 Å². The van der Waals surface area contributed by atoms with Crippen LogP contribution in [0, 0.1) is 11.3 Å². The van der Waals surface area contributed by atoms with Crippen molar-refractivity contribution in [2.75, 3.05) is 0 Å². The van der Waals surface area contributed by atoms with Crippen LogP contribution >= 0.6 is 0 Å². The number of aromatic nitrogens is 3. The summed E-state index contributed by atoms with van der Waals surface area (Å²) in [5.41, 5.74) is 12.8. The molecule has 7 aromatic carbocycles. The zero-order valence-corrected chi connectivity index (χ0v) is 25.8. The van der Waals surface area contributed by atoms with Crippen LogP contribution in [0.25, 0.3) is 89.4 Å². The lowest BCUT2D eigenvalue weighted by Gasteiger charge is -2.16. The lowest BCUT2D eigenvalue weighted by atomic mass is 9.88. The first-order valence-electron chi connectivity index (χ1n) is 15.9. The van der Waals surface area contributed by atoms with Crippen molar-refractivity contribution in [1.82, 2.24) is 15.0 Å². The molecule has 0 saturated carbocycles. The average molecular weight is 611 g/mol. The fourth-order valence-corrected chi connectivity index (χ4v) is 6.87. The number of benzene rings is 7. The lowest BCUT2D eigenvalue weighted by molar-refractivity contribution is 1.07. The first-order valence-corrected chi connectivity index (χ1v) is 15.9. The predicted octanol–water partition coefficient (Wildman–Crippen LogP) is 10.9. The van der Waals surface area contributed by atoms with Gasteiger partial charge in [0, 0.05) is 16.7 Å². The van der Waals surface area contributed by atoms with Gasteiger partial charge in [0.05, 0.1) is 11.6 Å². The SMILES string of the molecule is N#Cc1ccc(-c2ccc3c4c(ccc(-c5cccc(-c6nc(-c7ccccc7)nc(-c7ccccc7)n6)c5)c24)-c2ccccc2-3)cc1. The quantitative estimate of drug-likeness (QED) is 0.194. The maximum absolute atomic E-state index is 9.46. The van der Waals surface area contributed by atoms with Gasteiger partial charge in [0.15, 0.2) is 17.5 Å². The van der Waals surface area contributed by atoms with Gasteiger partial charge in [0.25, 0.3) is 0 Å². The Morgan fingerprint density at radius 2 is 0.771 bits per heavy atom. The minimum Gasteiger partial charge on any atom is -0.208 e. The van der Waals surface area contributed by atoms with Crippen molar-refractivity contribution in [1.29, 1.82) is 5.26 Å². The highest BCUT2D eigenvalue weighted by Gasteiger charge is 2.25. The molecule has 0 saturated heterocycles. The summed E-state index contributed by atoms with van der Waals surface area (Å²) in [7, 11) is 0. The molecule has 1 heterocycles. The van der Waals surface area contributed by atoms with Gasteiger partial charge >= 0.3 is 0 Å². The van der Waals surface area contributed by atoms with E-state index in [0.29, 0.717) is 23.0 Å². The lowest BCUT2D eigenvalue weighted by Crippen LogP contribution is -2.00. The van der Waals surface area contributed by atoms with E-state index in [-0.39, 0.29) is 0 Å². The Hall–Kier alpha value is -6.70. The van der Waals surface area contributed by atoms with Crippen molar-refractivity contribution in [3.63, 3.8) is 0 Å². The normalized spacial score (nSPS) is 11.3. The highest BCUT2D eigenvalue weighted by atomic mass is 15.0. The average Bonchev–Trinajstić information content (AvgIpc) is 3.50. The molecule has 0 amide bonds. The van der Waals surface area contributed by atoms with Crippen molar-refractivity contribution >= 4 is 10.8 Å². The molecule has 0 radical (unpaired) electrons. The van der Waals surface area contributed by atoms with E-state index in [9.17, 15) is 5.26 Å². The zero-order chi connectivity index (χ0) is 32.0. The molecule has 4 heteroatoms. The Morgan fingerprint density at radius 3 is 1.33 bits per heavy atom. The first-order chi connectivity index (χ1) is 23.7. The molecular formula is C44H26N4. The van der Waals surface area contributed by atoms with Gasteiger partial charge in [-0.15, -0.1) is 0 Å². The molecule has 8 aromatic rings. The van der Waals surface area contributed by atoms with Crippen LogP contribution in [0.2, 0.25) is 0 Å². The second-order valence-corrected chi connectivity index (χ2v) is 11.9. The summed E-state index contributed by atoms with van der Waals surface area (Å²) < 4.78 is 0. The molecule has 0 fully saturated rings. The topological polar surface area (TPSA) is 62.5 Å². The van der Waals surface area contributed by atoms with Crippen LogP contribution in [0.15, 0.2) is 158 Å². The van der Waals surface area contributed by atoms with Crippen LogP contribution in [-0.2, 0) is 0 Å². The Morgan fingerprint density at radius 1 is 0.333 bits per heavy atom. The second-order valence-electron chi connectivity index (χ2n) is 11.9. The van der Waals surface area contributed by atoms with E-state index in [1.54, 1.807) is 0 Å². The predicted molar refractivity (Wildman–Crippen MR) is 194 cm³/mol. The summed E-state index contributed by atoms with van der Waals surface area (Å²) >= 11 is 0. The van der Waals surface area contributed by atoms with Crippen LogP contribution in [0.4, 0.5) is 0 Å². The van der Waals surface area contributed by atoms with Gasteiger partial charge in [-0.1, -0.05) is 140 Å². The van der Waals surface area contributed by atoms with Crippen LogP contribution in [-0.4, -0.2) is 15.0 Å². The molecule has 222 valence electrons. The zero-order valence-electron chi connectivity index (χ0n) is 25.8. The molecule has 0 unspecified atom stereocenters. The molecular weight excluding hydrogens is 585 g/mol. The summed E-state index contributed by atoms with van der Waals surface area (Å²) in [6.07, 6.45) is 0. The number of hydrogen-bond acceptors (Lipinski definition) is 4. The summed E-state index contributed by atoms with van der Waals surface area (Å²) in [6.45, 7) is 0.